The number of fused-ring (bicyclic) bond motifs is 1. The van der Waals surface area contributed by atoms with Gasteiger partial charge in [0.05, 0.1) is 24.5 Å². The van der Waals surface area contributed by atoms with Crippen LogP contribution in [0.15, 0.2) is 12.1 Å². The average molecular weight is 281 g/mol. The highest BCUT2D eigenvalue weighted by Crippen LogP contribution is 2.36. The van der Waals surface area contributed by atoms with Crippen LogP contribution in [-0.4, -0.2) is 21.6 Å². The van der Waals surface area contributed by atoms with Gasteiger partial charge in [0.25, 0.3) is 0 Å². The molecular weight excluding hydrogens is 271 g/mol. The van der Waals surface area contributed by atoms with E-state index < -0.39 is 20.6 Å². The van der Waals surface area contributed by atoms with Crippen molar-refractivity contribution >= 4 is 19.7 Å². The molecule has 0 amide bonds. The van der Waals surface area contributed by atoms with Gasteiger partial charge in [0.2, 0.25) is 9.05 Å². The molecule has 0 saturated heterocycles. The summed E-state index contributed by atoms with van der Waals surface area (Å²) in [7, 11) is 1.28. The topological polar surface area (TPSA) is 52.6 Å². The fourth-order valence-corrected chi connectivity index (χ4v) is 2.52. The molecule has 94 valence electrons. The van der Waals surface area contributed by atoms with E-state index in [9.17, 15) is 12.8 Å². The number of halogens is 2. The largest absolute Gasteiger partial charge is 0.490 e. The summed E-state index contributed by atoms with van der Waals surface area (Å²) in [5, 5.41) is 0. The molecule has 0 unspecified atom stereocenters. The van der Waals surface area contributed by atoms with Crippen molar-refractivity contribution in [2.45, 2.75) is 12.2 Å². The van der Waals surface area contributed by atoms with Crippen LogP contribution in [0.2, 0.25) is 0 Å². The molecule has 0 aromatic heterocycles. The molecule has 1 heterocycles. The van der Waals surface area contributed by atoms with E-state index in [4.69, 9.17) is 20.2 Å². The summed E-state index contributed by atoms with van der Waals surface area (Å²) in [4.78, 5) is 0. The molecule has 17 heavy (non-hydrogen) atoms. The molecular formula is C10H10ClFO4S. The van der Waals surface area contributed by atoms with Crippen molar-refractivity contribution < 1.29 is 22.3 Å². The Bertz CT molecular complexity index is 529. The summed E-state index contributed by atoms with van der Waals surface area (Å²) in [5.41, 5.74) is -0.0839. The van der Waals surface area contributed by atoms with Crippen molar-refractivity contribution in [2.24, 2.45) is 0 Å². The molecule has 2 rings (SSSR count). The number of rotatable bonds is 2. The van der Waals surface area contributed by atoms with E-state index in [0.29, 0.717) is 25.4 Å². The molecule has 0 bridgehead atoms. The second-order valence-corrected chi connectivity index (χ2v) is 6.36. The van der Waals surface area contributed by atoms with Crippen LogP contribution in [0.5, 0.6) is 11.5 Å². The van der Waals surface area contributed by atoms with Crippen molar-refractivity contribution in [1.82, 2.24) is 0 Å². The maximum atomic E-state index is 13.6. The predicted octanol–water partition coefficient (Wildman–Crippen LogP) is 2.06. The molecule has 0 aliphatic carbocycles. The molecule has 0 atom stereocenters. The van der Waals surface area contributed by atoms with Gasteiger partial charge in [-0.1, -0.05) is 0 Å². The Morgan fingerprint density at radius 3 is 2.71 bits per heavy atom. The van der Waals surface area contributed by atoms with Crippen LogP contribution in [0.1, 0.15) is 12.0 Å². The van der Waals surface area contributed by atoms with Crippen LogP contribution in [0.3, 0.4) is 0 Å². The molecule has 0 saturated carbocycles. The zero-order chi connectivity index (χ0) is 12.5. The first-order chi connectivity index (χ1) is 7.97. The minimum absolute atomic E-state index is 0.0839. The molecule has 0 N–H and O–H groups in total. The lowest BCUT2D eigenvalue weighted by Gasteiger charge is -2.12. The normalized spacial score (nSPS) is 15.4. The molecule has 1 aliphatic rings. The highest BCUT2D eigenvalue weighted by Gasteiger charge is 2.22. The van der Waals surface area contributed by atoms with Gasteiger partial charge in [0, 0.05) is 17.1 Å². The smallest absolute Gasteiger partial charge is 0.237 e. The van der Waals surface area contributed by atoms with E-state index in [1.165, 1.54) is 6.07 Å². The van der Waals surface area contributed by atoms with Crippen LogP contribution in [0, 0.1) is 5.82 Å². The van der Waals surface area contributed by atoms with E-state index in [-0.39, 0.29) is 11.3 Å². The molecule has 0 spiro atoms. The maximum Gasteiger partial charge on any atom is 0.237 e. The van der Waals surface area contributed by atoms with Gasteiger partial charge in [0.15, 0.2) is 11.5 Å². The maximum absolute atomic E-state index is 13.6. The summed E-state index contributed by atoms with van der Waals surface area (Å²) < 4.78 is 46.3. The monoisotopic (exact) mass is 280 g/mol. The zero-order valence-electron chi connectivity index (χ0n) is 8.78. The summed E-state index contributed by atoms with van der Waals surface area (Å²) in [6.45, 7) is 0.803. The Labute approximate surface area is 103 Å². The van der Waals surface area contributed by atoms with Gasteiger partial charge in [0.1, 0.15) is 5.82 Å². The highest BCUT2D eigenvalue weighted by atomic mass is 35.7. The molecule has 1 aromatic carbocycles. The second kappa shape index (κ2) is 4.70. The lowest BCUT2D eigenvalue weighted by molar-refractivity contribution is 0.296. The van der Waals surface area contributed by atoms with Crippen LogP contribution >= 0.6 is 10.7 Å². The Balaban J connectivity index is 2.49. The summed E-state index contributed by atoms with van der Waals surface area (Å²) in [6.07, 6.45) is 0.656. The minimum Gasteiger partial charge on any atom is -0.490 e. The van der Waals surface area contributed by atoms with Gasteiger partial charge in [-0.3, -0.25) is 0 Å². The first-order valence-electron chi connectivity index (χ1n) is 4.97. The number of hydrogen-bond donors (Lipinski definition) is 0. The first kappa shape index (κ1) is 12.4. The van der Waals surface area contributed by atoms with Gasteiger partial charge < -0.3 is 9.47 Å². The van der Waals surface area contributed by atoms with E-state index in [1.807, 2.05) is 0 Å². The van der Waals surface area contributed by atoms with E-state index in [2.05, 4.69) is 0 Å². The zero-order valence-corrected chi connectivity index (χ0v) is 10.4. The van der Waals surface area contributed by atoms with E-state index in [1.54, 1.807) is 0 Å². The van der Waals surface area contributed by atoms with Gasteiger partial charge in [-0.25, -0.2) is 12.8 Å². The Morgan fingerprint density at radius 2 is 2.00 bits per heavy atom. The predicted molar refractivity (Wildman–Crippen MR) is 60.5 cm³/mol. The highest BCUT2D eigenvalue weighted by molar-refractivity contribution is 8.13. The molecule has 0 radical (unpaired) electrons. The van der Waals surface area contributed by atoms with Crippen LogP contribution in [-0.2, 0) is 14.8 Å². The quantitative estimate of drug-likeness (QED) is 0.778. The molecule has 0 fully saturated rings. The first-order valence-corrected chi connectivity index (χ1v) is 7.44. The van der Waals surface area contributed by atoms with Crippen molar-refractivity contribution in [2.75, 3.05) is 13.2 Å². The SMILES string of the molecule is O=S(=O)(Cl)Cc1c(F)ccc2c1OCCCO2. The van der Waals surface area contributed by atoms with Crippen LogP contribution in [0.25, 0.3) is 0 Å². The van der Waals surface area contributed by atoms with Gasteiger partial charge >= 0.3 is 0 Å². The molecule has 1 aliphatic heterocycles. The van der Waals surface area contributed by atoms with Crippen LogP contribution < -0.4 is 9.47 Å². The number of hydrogen-bond acceptors (Lipinski definition) is 4. The second-order valence-electron chi connectivity index (χ2n) is 3.59. The van der Waals surface area contributed by atoms with Crippen molar-refractivity contribution in [3.63, 3.8) is 0 Å². The van der Waals surface area contributed by atoms with Crippen molar-refractivity contribution in [3.05, 3.63) is 23.5 Å². The third-order valence-corrected chi connectivity index (χ3v) is 3.24. The average Bonchev–Trinajstić information content (AvgIpc) is 2.46. The Morgan fingerprint density at radius 1 is 1.29 bits per heavy atom. The summed E-state index contributed by atoms with van der Waals surface area (Å²) >= 11 is 0. The van der Waals surface area contributed by atoms with Crippen molar-refractivity contribution in [3.8, 4) is 11.5 Å². The minimum atomic E-state index is -3.85. The third kappa shape index (κ3) is 3.01. The molecule has 1 aromatic rings. The van der Waals surface area contributed by atoms with Crippen molar-refractivity contribution in [1.29, 1.82) is 0 Å². The van der Waals surface area contributed by atoms with Gasteiger partial charge in [-0.05, 0) is 12.1 Å². The third-order valence-electron chi connectivity index (χ3n) is 2.28. The standard InChI is InChI=1S/C10H10ClFO4S/c11-17(13,14)6-7-8(12)2-3-9-10(7)16-5-1-4-15-9/h2-3H,1,4-6H2. The van der Waals surface area contributed by atoms with E-state index >= 15 is 0 Å². The Hall–Kier alpha value is -1.01. The van der Waals surface area contributed by atoms with Gasteiger partial charge in [-0.15, -0.1) is 0 Å². The fraction of sp³-hybridized carbons (Fsp3) is 0.400. The molecule has 7 heteroatoms. The summed E-state index contributed by atoms with van der Waals surface area (Å²) in [5.74, 6) is -0.808. The fourth-order valence-electron chi connectivity index (χ4n) is 1.58. The van der Waals surface area contributed by atoms with Gasteiger partial charge in [-0.2, -0.15) is 0 Å². The lowest BCUT2D eigenvalue weighted by Crippen LogP contribution is -2.04. The van der Waals surface area contributed by atoms with Crippen LogP contribution in [0.4, 0.5) is 4.39 Å². The number of ether oxygens (including phenoxy) is 2. The molecule has 4 nitrogen and oxygen atoms in total. The Kier molecular flexibility index (Phi) is 3.44. The van der Waals surface area contributed by atoms with E-state index in [0.717, 1.165) is 6.07 Å². The number of benzene rings is 1. The lowest BCUT2D eigenvalue weighted by atomic mass is 10.2. The summed E-state index contributed by atoms with van der Waals surface area (Å²) in [6, 6.07) is 2.56.